The number of benzene rings is 2. The monoisotopic (exact) mass is 373 g/mol. The largest absolute Gasteiger partial charge is 0.325 e. The first kappa shape index (κ1) is 17.3. The Morgan fingerprint density at radius 1 is 1.00 bits per heavy atom. The highest BCUT2D eigenvalue weighted by Gasteiger charge is 2.56. The van der Waals surface area contributed by atoms with E-state index < -0.39 is 11.3 Å². The van der Waals surface area contributed by atoms with Crippen molar-refractivity contribution in [2.24, 2.45) is 5.41 Å². The molecule has 0 unspecified atom stereocenters. The van der Waals surface area contributed by atoms with Crippen LogP contribution in [0.25, 0.3) is 0 Å². The van der Waals surface area contributed by atoms with Gasteiger partial charge >= 0.3 is 0 Å². The second kappa shape index (κ2) is 6.75. The van der Waals surface area contributed by atoms with E-state index in [0.29, 0.717) is 39.8 Å². The fourth-order valence-corrected chi connectivity index (χ4v) is 2.85. The highest BCUT2D eigenvalue weighted by molar-refractivity contribution is 6.37. The van der Waals surface area contributed by atoms with Crippen molar-refractivity contribution in [3.63, 3.8) is 0 Å². The number of hydrogen-bond acceptors (Lipinski definition) is 3. The van der Waals surface area contributed by atoms with Crippen molar-refractivity contribution in [3.8, 4) is 6.07 Å². The van der Waals surface area contributed by atoms with Crippen molar-refractivity contribution in [2.75, 3.05) is 10.6 Å². The molecular weight excluding hydrogens is 361 g/mol. The van der Waals surface area contributed by atoms with Crippen molar-refractivity contribution in [1.82, 2.24) is 0 Å². The Bertz CT molecular complexity index is 884. The minimum Gasteiger partial charge on any atom is -0.325 e. The summed E-state index contributed by atoms with van der Waals surface area (Å²) in [5.74, 6) is -0.775. The Morgan fingerprint density at radius 2 is 1.64 bits per heavy atom. The molecule has 126 valence electrons. The Labute approximate surface area is 154 Å². The van der Waals surface area contributed by atoms with Crippen molar-refractivity contribution in [3.05, 3.63) is 58.1 Å². The van der Waals surface area contributed by atoms with Crippen LogP contribution in [0.1, 0.15) is 18.4 Å². The van der Waals surface area contributed by atoms with Crippen LogP contribution in [0.4, 0.5) is 11.4 Å². The van der Waals surface area contributed by atoms with Gasteiger partial charge in [0.25, 0.3) is 0 Å². The summed E-state index contributed by atoms with van der Waals surface area (Å²) in [6.07, 6.45) is 0.929. The first-order chi connectivity index (χ1) is 11.9. The molecule has 2 amide bonds. The number of halogens is 2. The summed E-state index contributed by atoms with van der Waals surface area (Å²) in [5.41, 5.74) is 0.340. The summed E-state index contributed by atoms with van der Waals surface area (Å²) < 4.78 is 0. The summed E-state index contributed by atoms with van der Waals surface area (Å²) in [6, 6.07) is 13.2. The summed E-state index contributed by atoms with van der Waals surface area (Å²) in [4.78, 5) is 25.1. The number of anilines is 2. The molecule has 3 rings (SSSR count). The molecule has 0 radical (unpaired) electrons. The fourth-order valence-electron chi connectivity index (χ4n) is 2.39. The van der Waals surface area contributed by atoms with Crippen LogP contribution in [0.3, 0.4) is 0 Å². The molecular formula is C18H13Cl2N3O2. The highest BCUT2D eigenvalue weighted by Crippen LogP contribution is 2.47. The smallest absolute Gasteiger partial charge is 0.240 e. The lowest BCUT2D eigenvalue weighted by molar-refractivity contribution is -0.131. The van der Waals surface area contributed by atoms with E-state index in [1.165, 1.54) is 6.07 Å². The van der Waals surface area contributed by atoms with Crippen LogP contribution in [0.15, 0.2) is 42.5 Å². The number of hydrogen-bond donors (Lipinski definition) is 2. The quantitative estimate of drug-likeness (QED) is 0.786. The van der Waals surface area contributed by atoms with E-state index >= 15 is 0 Å². The maximum Gasteiger partial charge on any atom is 0.240 e. The lowest BCUT2D eigenvalue weighted by atomic mass is 10.0. The van der Waals surface area contributed by atoms with Gasteiger partial charge in [0.1, 0.15) is 5.41 Å². The molecule has 0 saturated heterocycles. The molecule has 2 N–H and O–H groups in total. The predicted molar refractivity (Wildman–Crippen MR) is 96.5 cm³/mol. The van der Waals surface area contributed by atoms with Gasteiger partial charge in [-0.1, -0.05) is 23.2 Å². The van der Waals surface area contributed by atoms with Crippen LogP contribution < -0.4 is 10.6 Å². The maximum absolute atomic E-state index is 12.6. The normalized spacial score (nSPS) is 14.3. The number of nitrogens with one attached hydrogen (secondary N) is 2. The topological polar surface area (TPSA) is 82.0 Å². The average Bonchev–Trinajstić information content (AvgIpc) is 3.40. The van der Waals surface area contributed by atoms with E-state index in [1.54, 1.807) is 36.4 Å². The molecule has 1 aliphatic carbocycles. The zero-order valence-corrected chi connectivity index (χ0v) is 14.5. The number of rotatable bonds is 4. The van der Waals surface area contributed by atoms with Crippen molar-refractivity contribution in [1.29, 1.82) is 5.26 Å². The van der Waals surface area contributed by atoms with Crippen LogP contribution >= 0.6 is 23.2 Å². The molecule has 0 aromatic heterocycles. The van der Waals surface area contributed by atoms with Gasteiger partial charge in [0, 0.05) is 10.7 Å². The standard InChI is InChI=1S/C18H13Cl2N3O2/c19-12-3-6-15(14(20)9-12)23-17(25)18(7-8-18)16(24)22-13-4-1-11(10-21)2-5-13/h1-6,9H,7-8H2,(H,22,24)(H,23,25). The zero-order chi connectivity index (χ0) is 18.0. The molecule has 1 saturated carbocycles. The molecule has 0 atom stereocenters. The molecule has 0 spiro atoms. The van der Waals surface area contributed by atoms with Gasteiger partial charge in [-0.25, -0.2) is 0 Å². The molecule has 1 aliphatic rings. The molecule has 0 heterocycles. The SMILES string of the molecule is N#Cc1ccc(NC(=O)C2(C(=O)Nc3ccc(Cl)cc3Cl)CC2)cc1. The minimum atomic E-state index is -1.10. The van der Waals surface area contributed by atoms with Gasteiger partial charge in [-0.3, -0.25) is 9.59 Å². The third-order valence-electron chi connectivity index (χ3n) is 4.07. The lowest BCUT2D eigenvalue weighted by Crippen LogP contribution is -2.35. The van der Waals surface area contributed by atoms with Gasteiger partial charge in [-0.2, -0.15) is 5.26 Å². The third-order valence-corrected chi connectivity index (χ3v) is 4.62. The minimum absolute atomic E-state index is 0.309. The first-order valence-electron chi connectivity index (χ1n) is 7.53. The average molecular weight is 374 g/mol. The summed E-state index contributed by atoms with van der Waals surface area (Å²) in [5, 5.41) is 15.0. The number of nitriles is 1. The lowest BCUT2D eigenvalue weighted by Gasteiger charge is -2.16. The molecule has 0 aliphatic heterocycles. The molecule has 5 nitrogen and oxygen atoms in total. The van der Waals surface area contributed by atoms with Crippen LogP contribution in [-0.2, 0) is 9.59 Å². The molecule has 2 aromatic carbocycles. The van der Waals surface area contributed by atoms with Crippen LogP contribution in [0, 0.1) is 16.7 Å². The van der Waals surface area contributed by atoms with Crippen LogP contribution in [0.5, 0.6) is 0 Å². The van der Waals surface area contributed by atoms with Crippen molar-refractivity contribution >= 4 is 46.4 Å². The second-order valence-electron chi connectivity index (χ2n) is 5.80. The molecule has 25 heavy (non-hydrogen) atoms. The molecule has 0 bridgehead atoms. The van der Waals surface area contributed by atoms with Crippen LogP contribution in [0.2, 0.25) is 10.0 Å². The van der Waals surface area contributed by atoms with E-state index in [2.05, 4.69) is 10.6 Å². The summed E-state index contributed by atoms with van der Waals surface area (Å²) >= 11 is 11.9. The van der Waals surface area contributed by atoms with Gasteiger partial charge in [0.15, 0.2) is 0 Å². The Hall–Kier alpha value is -2.55. The number of carbonyl (C=O) groups is 2. The van der Waals surface area contributed by atoms with Gasteiger partial charge in [0.05, 0.1) is 22.3 Å². The first-order valence-corrected chi connectivity index (χ1v) is 8.28. The van der Waals surface area contributed by atoms with E-state index in [1.807, 2.05) is 6.07 Å². The fraction of sp³-hybridized carbons (Fsp3) is 0.167. The highest BCUT2D eigenvalue weighted by atomic mass is 35.5. The summed E-state index contributed by atoms with van der Waals surface area (Å²) in [6.45, 7) is 0. The van der Waals surface area contributed by atoms with E-state index in [4.69, 9.17) is 28.5 Å². The van der Waals surface area contributed by atoms with Gasteiger partial charge < -0.3 is 10.6 Å². The summed E-state index contributed by atoms with van der Waals surface area (Å²) in [7, 11) is 0. The second-order valence-corrected chi connectivity index (χ2v) is 6.65. The maximum atomic E-state index is 12.6. The van der Waals surface area contributed by atoms with Gasteiger partial charge in [-0.05, 0) is 55.3 Å². The van der Waals surface area contributed by atoms with Gasteiger partial charge in [-0.15, -0.1) is 0 Å². The number of carbonyl (C=O) groups excluding carboxylic acids is 2. The van der Waals surface area contributed by atoms with Crippen molar-refractivity contribution < 1.29 is 9.59 Å². The van der Waals surface area contributed by atoms with Crippen molar-refractivity contribution in [2.45, 2.75) is 12.8 Å². The number of nitrogens with zero attached hydrogens (tertiary/aromatic N) is 1. The zero-order valence-electron chi connectivity index (χ0n) is 13.0. The van der Waals surface area contributed by atoms with E-state index in [0.717, 1.165) is 0 Å². The number of amides is 2. The predicted octanol–water partition coefficient (Wildman–Crippen LogP) is 4.22. The van der Waals surface area contributed by atoms with Gasteiger partial charge in [0.2, 0.25) is 11.8 Å². The van der Waals surface area contributed by atoms with E-state index in [9.17, 15) is 9.59 Å². The van der Waals surface area contributed by atoms with E-state index in [-0.39, 0.29) is 5.91 Å². The third kappa shape index (κ3) is 3.60. The Morgan fingerprint density at radius 3 is 2.20 bits per heavy atom. The Balaban J connectivity index is 1.71. The Kier molecular flexibility index (Phi) is 4.67. The molecule has 1 fully saturated rings. The van der Waals surface area contributed by atoms with Crippen LogP contribution in [-0.4, -0.2) is 11.8 Å². The molecule has 7 heteroatoms. The molecule has 2 aromatic rings.